The van der Waals surface area contributed by atoms with Gasteiger partial charge in [-0.2, -0.15) is 0 Å². The third-order valence-corrected chi connectivity index (χ3v) is 3.83. The fraction of sp³-hybridized carbons (Fsp3) is 0.462. The summed E-state index contributed by atoms with van der Waals surface area (Å²) in [5.41, 5.74) is 10.2. The van der Waals surface area contributed by atoms with Gasteiger partial charge in [-0.05, 0) is 25.5 Å². The maximum absolute atomic E-state index is 11.2. The van der Waals surface area contributed by atoms with Crippen LogP contribution in [0.15, 0.2) is 29.2 Å². The van der Waals surface area contributed by atoms with Crippen molar-refractivity contribution < 1.29 is 9.53 Å². The molecule has 18 heavy (non-hydrogen) atoms. The third kappa shape index (κ3) is 3.92. The van der Waals surface area contributed by atoms with Gasteiger partial charge in [0.05, 0.1) is 12.6 Å². The molecule has 0 heterocycles. The van der Waals surface area contributed by atoms with Crippen LogP contribution in [-0.4, -0.2) is 23.8 Å². The number of methoxy groups -OCH3 is 1. The largest absolute Gasteiger partial charge is 0.496 e. The van der Waals surface area contributed by atoms with Crippen molar-refractivity contribution in [2.45, 2.75) is 36.0 Å². The van der Waals surface area contributed by atoms with Gasteiger partial charge < -0.3 is 16.2 Å². The van der Waals surface area contributed by atoms with E-state index in [0.717, 1.165) is 10.6 Å². The number of benzene rings is 1. The maximum atomic E-state index is 11.2. The molecule has 0 bridgehead atoms. The molecule has 0 saturated carbocycles. The van der Waals surface area contributed by atoms with E-state index in [1.165, 1.54) is 0 Å². The molecule has 1 rings (SSSR count). The van der Waals surface area contributed by atoms with Crippen LogP contribution in [0.5, 0.6) is 5.75 Å². The van der Waals surface area contributed by atoms with Crippen molar-refractivity contribution in [1.29, 1.82) is 0 Å². The highest BCUT2D eigenvalue weighted by Crippen LogP contribution is 2.34. The normalized spacial score (nSPS) is 15.8. The van der Waals surface area contributed by atoms with Crippen molar-refractivity contribution in [3.05, 3.63) is 24.3 Å². The van der Waals surface area contributed by atoms with E-state index in [0.29, 0.717) is 6.42 Å². The lowest BCUT2D eigenvalue weighted by Crippen LogP contribution is -2.50. The van der Waals surface area contributed by atoms with Gasteiger partial charge in [-0.15, -0.1) is 11.8 Å². The molecular formula is C13H20N2O2S. The second kappa shape index (κ2) is 6.11. The zero-order valence-electron chi connectivity index (χ0n) is 11.0. The first-order chi connectivity index (χ1) is 8.36. The van der Waals surface area contributed by atoms with Crippen molar-refractivity contribution in [3.8, 4) is 5.75 Å². The first kappa shape index (κ1) is 14.9. The number of ether oxygens (including phenoxy) is 1. The smallest absolute Gasteiger partial charge is 0.237 e. The number of hydrogen-bond donors (Lipinski definition) is 2. The van der Waals surface area contributed by atoms with Gasteiger partial charge in [0, 0.05) is 10.1 Å². The average Bonchev–Trinajstić information content (AvgIpc) is 2.28. The van der Waals surface area contributed by atoms with E-state index in [4.69, 9.17) is 16.2 Å². The molecule has 5 heteroatoms. The minimum absolute atomic E-state index is 0.170. The van der Waals surface area contributed by atoms with Crippen molar-refractivity contribution >= 4 is 17.7 Å². The van der Waals surface area contributed by atoms with Gasteiger partial charge in [-0.25, -0.2) is 0 Å². The topological polar surface area (TPSA) is 78.3 Å². The third-order valence-electron chi connectivity index (χ3n) is 2.67. The monoisotopic (exact) mass is 268 g/mol. The van der Waals surface area contributed by atoms with Gasteiger partial charge in [-0.1, -0.05) is 19.1 Å². The Labute approximate surface area is 112 Å². The quantitative estimate of drug-likeness (QED) is 0.771. The predicted molar refractivity (Wildman–Crippen MR) is 74.7 cm³/mol. The van der Waals surface area contributed by atoms with Crippen LogP contribution in [0, 0.1) is 0 Å². The molecule has 1 amide bonds. The van der Waals surface area contributed by atoms with E-state index in [1.807, 2.05) is 31.2 Å². The number of para-hydroxylation sites is 1. The Morgan fingerprint density at radius 2 is 2.11 bits per heavy atom. The minimum atomic E-state index is -0.978. The molecule has 4 N–H and O–H groups in total. The number of hydrogen-bond acceptors (Lipinski definition) is 4. The van der Waals surface area contributed by atoms with E-state index < -0.39 is 11.4 Å². The summed E-state index contributed by atoms with van der Waals surface area (Å²) < 4.78 is 5.28. The summed E-state index contributed by atoms with van der Waals surface area (Å²) in [7, 11) is 1.64. The van der Waals surface area contributed by atoms with Crippen LogP contribution in [0.2, 0.25) is 0 Å². The van der Waals surface area contributed by atoms with E-state index in [2.05, 4.69) is 0 Å². The molecule has 2 unspecified atom stereocenters. The van der Waals surface area contributed by atoms with Gasteiger partial charge in [0.2, 0.25) is 5.91 Å². The predicted octanol–water partition coefficient (Wildman–Crippen LogP) is 1.77. The van der Waals surface area contributed by atoms with Crippen LogP contribution in [0.3, 0.4) is 0 Å². The molecule has 0 saturated heterocycles. The molecule has 0 aliphatic rings. The Morgan fingerprint density at radius 1 is 1.50 bits per heavy atom. The van der Waals surface area contributed by atoms with E-state index >= 15 is 0 Å². The van der Waals surface area contributed by atoms with E-state index in [9.17, 15) is 4.79 Å². The van der Waals surface area contributed by atoms with E-state index in [1.54, 1.807) is 25.8 Å². The summed E-state index contributed by atoms with van der Waals surface area (Å²) in [5.74, 6) is 0.349. The molecule has 0 aliphatic carbocycles. The van der Waals surface area contributed by atoms with Crippen LogP contribution in [0.25, 0.3) is 0 Å². The van der Waals surface area contributed by atoms with Crippen LogP contribution in [-0.2, 0) is 4.79 Å². The van der Waals surface area contributed by atoms with Gasteiger partial charge in [-0.3, -0.25) is 4.79 Å². The van der Waals surface area contributed by atoms with Gasteiger partial charge in [0.1, 0.15) is 5.75 Å². The van der Waals surface area contributed by atoms with Crippen molar-refractivity contribution in [2.75, 3.05) is 7.11 Å². The highest BCUT2D eigenvalue weighted by atomic mass is 32.2. The number of rotatable bonds is 6. The summed E-state index contributed by atoms with van der Waals surface area (Å²) in [4.78, 5) is 12.2. The Balaban J connectivity index is 2.70. The zero-order valence-corrected chi connectivity index (χ0v) is 11.8. The SMILES string of the molecule is COc1ccccc1SC(C)CC(C)(N)C(N)=O. The summed E-state index contributed by atoms with van der Waals surface area (Å²) in [6.45, 7) is 3.68. The summed E-state index contributed by atoms with van der Waals surface area (Å²) in [6.07, 6.45) is 0.519. The molecule has 1 aromatic carbocycles. The lowest BCUT2D eigenvalue weighted by molar-refractivity contribution is -0.122. The molecule has 100 valence electrons. The van der Waals surface area contributed by atoms with Crippen molar-refractivity contribution in [2.24, 2.45) is 11.5 Å². The van der Waals surface area contributed by atoms with Gasteiger partial charge >= 0.3 is 0 Å². The van der Waals surface area contributed by atoms with Crippen molar-refractivity contribution in [3.63, 3.8) is 0 Å². The summed E-state index contributed by atoms with van der Waals surface area (Å²) >= 11 is 1.63. The maximum Gasteiger partial charge on any atom is 0.237 e. The van der Waals surface area contributed by atoms with Crippen LogP contribution >= 0.6 is 11.8 Å². The summed E-state index contributed by atoms with van der Waals surface area (Å²) in [5, 5.41) is 0.170. The molecule has 4 nitrogen and oxygen atoms in total. The molecule has 0 spiro atoms. The molecular weight excluding hydrogens is 248 g/mol. The highest BCUT2D eigenvalue weighted by Gasteiger charge is 2.28. The lowest BCUT2D eigenvalue weighted by Gasteiger charge is -2.24. The highest BCUT2D eigenvalue weighted by molar-refractivity contribution is 8.00. The lowest BCUT2D eigenvalue weighted by atomic mass is 9.97. The molecule has 0 radical (unpaired) electrons. The fourth-order valence-electron chi connectivity index (χ4n) is 1.67. The molecule has 2 atom stereocenters. The summed E-state index contributed by atoms with van der Waals surface area (Å²) in [6, 6.07) is 7.76. The Morgan fingerprint density at radius 3 is 2.67 bits per heavy atom. The number of amides is 1. The van der Waals surface area contributed by atoms with Gasteiger partial charge in [0.15, 0.2) is 0 Å². The number of nitrogens with two attached hydrogens (primary N) is 2. The Kier molecular flexibility index (Phi) is 5.04. The first-order valence-corrected chi connectivity index (χ1v) is 6.63. The van der Waals surface area contributed by atoms with Crippen LogP contribution in [0.1, 0.15) is 20.3 Å². The van der Waals surface area contributed by atoms with E-state index in [-0.39, 0.29) is 5.25 Å². The molecule has 0 aromatic heterocycles. The number of thioether (sulfide) groups is 1. The average molecular weight is 268 g/mol. The number of carbonyl (C=O) groups is 1. The Hall–Kier alpha value is -1.20. The molecule has 0 fully saturated rings. The second-order valence-electron chi connectivity index (χ2n) is 4.57. The minimum Gasteiger partial charge on any atom is -0.496 e. The second-order valence-corrected chi connectivity index (χ2v) is 6.05. The van der Waals surface area contributed by atoms with Crippen LogP contribution < -0.4 is 16.2 Å². The Bertz CT molecular complexity index is 421. The number of carbonyl (C=O) groups excluding carboxylic acids is 1. The molecule has 1 aromatic rings. The fourth-order valence-corrected chi connectivity index (χ4v) is 2.96. The van der Waals surface area contributed by atoms with Crippen LogP contribution in [0.4, 0.5) is 0 Å². The first-order valence-electron chi connectivity index (χ1n) is 5.75. The number of primary amides is 1. The zero-order chi connectivity index (χ0) is 13.8. The molecule has 0 aliphatic heterocycles. The standard InChI is InChI=1S/C13H20N2O2S/c1-9(8-13(2,15)12(14)16)18-11-7-5-4-6-10(11)17-3/h4-7,9H,8,15H2,1-3H3,(H2,14,16). The van der Waals surface area contributed by atoms with Crippen molar-refractivity contribution in [1.82, 2.24) is 0 Å². The van der Waals surface area contributed by atoms with Gasteiger partial charge in [0.25, 0.3) is 0 Å².